The lowest BCUT2D eigenvalue weighted by atomic mass is 9.82. The molecule has 0 N–H and O–H groups in total. The fraction of sp³-hybridized carbons (Fsp3) is 0.0462. The molecule has 1 aliphatic carbocycles. The third kappa shape index (κ3) is 6.32. The van der Waals surface area contributed by atoms with Gasteiger partial charge in [0.15, 0.2) is 0 Å². The van der Waals surface area contributed by atoms with Crippen LogP contribution < -0.4 is 4.90 Å². The summed E-state index contributed by atoms with van der Waals surface area (Å²) in [7, 11) is 0. The van der Waals surface area contributed by atoms with E-state index in [9.17, 15) is 0 Å². The molecule has 0 bridgehead atoms. The molecule has 0 radical (unpaired) electrons. The molecule has 0 saturated carbocycles. The minimum absolute atomic E-state index is 0.147. The molecule has 12 aromatic rings. The molecule has 0 amide bonds. The Hall–Kier alpha value is -8.46. The summed E-state index contributed by atoms with van der Waals surface area (Å²) in [6, 6.07) is 86.3. The molecular formula is C65H45NO. The van der Waals surface area contributed by atoms with Crippen LogP contribution in [-0.4, -0.2) is 0 Å². The SMILES string of the molecule is CC1(C)c2ccccc2-c2ccc(N(c3ccc(-c4ccccc4)cc3)c3ccc4oc5ccc(-c6cc(-c7ccccc7)cc(-c7ccccc7)c6)c6cccc(c7cccc3c47)c56)cc21. The van der Waals surface area contributed by atoms with Gasteiger partial charge in [-0.15, -0.1) is 0 Å². The molecule has 11 aromatic carbocycles. The van der Waals surface area contributed by atoms with Crippen molar-refractivity contribution in [3.05, 3.63) is 248 Å². The van der Waals surface area contributed by atoms with Gasteiger partial charge in [0.05, 0.1) is 5.69 Å². The van der Waals surface area contributed by atoms with Gasteiger partial charge in [-0.05, 0) is 144 Å². The molecule has 0 atom stereocenters. The first-order valence-electron chi connectivity index (χ1n) is 23.2. The number of anilines is 3. The Balaban J connectivity index is 1.03. The second-order valence-electron chi connectivity index (χ2n) is 18.4. The maximum Gasteiger partial charge on any atom is 0.136 e. The molecule has 316 valence electrons. The van der Waals surface area contributed by atoms with Crippen molar-refractivity contribution in [3.8, 4) is 55.6 Å². The van der Waals surface area contributed by atoms with Crippen LogP contribution in [0.2, 0.25) is 0 Å². The number of fused-ring (bicyclic) bond motifs is 4. The van der Waals surface area contributed by atoms with Crippen molar-refractivity contribution in [3.63, 3.8) is 0 Å². The first-order chi connectivity index (χ1) is 33.0. The monoisotopic (exact) mass is 855 g/mol. The van der Waals surface area contributed by atoms with Gasteiger partial charge in [0.25, 0.3) is 0 Å². The zero-order valence-corrected chi connectivity index (χ0v) is 37.4. The molecule has 67 heavy (non-hydrogen) atoms. The van der Waals surface area contributed by atoms with Crippen LogP contribution in [0, 0.1) is 0 Å². The second kappa shape index (κ2) is 15.3. The van der Waals surface area contributed by atoms with E-state index in [1.165, 1.54) is 66.8 Å². The van der Waals surface area contributed by atoms with Crippen molar-refractivity contribution in [1.82, 2.24) is 0 Å². The molecule has 0 unspecified atom stereocenters. The van der Waals surface area contributed by atoms with E-state index in [1.54, 1.807) is 0 Å². The molecule has 0 spiro atoms. The van der Waals surface area contributed by atoms with Gasteiger partial charge in [-0.2, -0.15) is 0 Å². The zero-order chi connectivity index (χ0) is 44.6. The normalized spacial score (nSPS) is 12.7. The molecule has 13 rings (SSSR count). The highest BCUT2D eigenvalue weighted by Crippen LogP contribution is 2.52. The maximum atomic E-state index is 7.14. The quantitative estimate of drug-likeness (QED) is 0.159. The predicted octanol–water partition coefficient (Wildman–Crippen LogP) is 18.3. The van der Waals surface area contributed by atoms with Crippen LogP contribution in [0.5, 0.6) is 0 Å². The minimum Gasteiger partial charge on any atom is -0.456 e. The summed E-state index contributed by atoms with van der Waals surface area (Å²) in [6.07, 6.45) is 0. The van der Waals surface area contributed by atoms with E-state index in [4.69, 9.17) is 4.42 Å². The van der Waals surface area contributed by atoms with Gasteiger partial charge in [-0.3, -0.25) is 0 Å². The Morgan fingerprint density at radius 3 is 1.45 bits per heavy atom. The number of rotatable bonds is 7. The van der Waals surface area contributed by atoms with Crippen molar-refractivity contribution in [2.45, 2.75) is 19.3 Å². The summed E-state index contributed by atoms with van der Waals surface area (Å²) in [4.78, 5) is 2.44. The van der Waals surface area contributed by atoms with E-state index >= 15 is 0 Å². The zero-order valence-electron chi connectivity index (χ0n) is 37.4. The Morgan fingerprint density at radius 1 is 0.313 bits per heavy atom. The largest absolute Gasteiger partial charge is 0.456 e. The maximum absolute atomic E-state index is 7.14. The van der Waals surface area contributed by atoms with Crippen LogP contribution in [0.25, 0.3) is 99.1 Å². The summed E-state index contributed by atoms with van der Waals surface area (Å²) in [5.74, 6) is 0. The summed E-state index contributed by atoms with van der Waals surface area (Å²) >= 11 is 0. The smallest absolute Gasteiger partial charge is 0.136 e. The topological polar surface area (TPSA) is 16.4 Å². The van der Waals surface area contributed by atoms with Crippen molar-refractivity contribution >= 4 is 60.5 Å². The minimum atomic E-state index is -0.147. The van der Waals surface area contributed by atoms with Crippen LogP contribution in [0.15, 0.2) is 241 Å². The lowest BCUT2D eigenvalue weighted by Crippen LogP contribution is -2.16. The number of hydrogen-bond acceptors (Lipinski definition) is 2. The van der Waals surface area contributed by atoms with Gasteiger partial charge >= 0.3 is 0 Å². The van der Waals surface area contributed by atoms with Gasteiger partial charge in [-0.25, -0.2) is 0 Å². The van der Waals surface area contributed by atoms with E-state index < -0.39 is 0 Å². The van der Waals surface area contributed by atoms with Crippen LogP contribution in [0.3, 0.4) is 0 Å². The van der Waals surface area contributed by atoms with Gasteiger partial charge < -0.3 is 9.32 Å². The van der Waals surface area contributed by atoms with Crippen molar-refractivity contribution in [1.29, 1.82) is 0 Å². The highest BCUT2D eigenvalue weighted by molar-refractivity contribution is 6.26. The molecule has 1 aromatic heterocycles. The lowest BCUT2D eigenvalue weighted by Gasteiger charge is -2.29. The van der Waals surface area contributed by atoms with Gasteiger partial charge in [0.1, 0.15) is 11.2 Å². The van der Waals surface area contributed by atoms with Gasteiger partial charge in [0.2, 0.25) is 0 Å². The Kier molecular flexibility index (Phi) is 8.91. The summed E-state index contributed by atoms with van der Waals surface area (Å²) in [6.45, 7) is 4.71. The molecule has 0 aliphatic heterocycles. The average Bonchev–Trinajstić information content (AvgIpc) is 3.52. The Labute approximate surface area is 390 Å². The predicted molar refractivity (Wildman–Crippen MR) is 283 cm³/mol. The molecular weight excluding hydrogens is 811 g/mol. The van der Waals surface area contributed by atoms with Crippen molar-refractivity contribution in [2.24, 2.45) is 0 Å². The van der Waals surface area contributed by atoms with Gasteiger partial charge in [0, 0.05) is 32.9 Å². The highest BCUT2D eigenvalue weighted by Gasteiger charge is 2.36. The summed E-state index contributed by atoms with van der Waals surface area (Å²) in [5.41, 5.74) is 19.7. The van der Waals surface area contributed by atoms with E-state index in [2.05, 4.69) is 255 Å². The van der Waals surface area contributed by atoms with E-state index in [1.807, 2.05) is 0 Å². The van der Waals surface area contributed by atoms with E-state index in [0.717, 1.165) is 60.5 Å². The number of hydrogen-bond donors (Lipinski definition) is 0. The Bertz CT molecular complexity index is 3810. The fourth-order valence-corrected chi connectivity index (χ4v) is 11.0. The third-order valence-electron chi connectivity index (χ3n) is 14.2. The van der Waals surface area contributed by atoms with Crippen LogP contribution in [-0.2, 0) is 5.41 Å². The van der Waals surface area contributed by atoms with Crippen LogP contribution in [0.1, 0.15) is 25.0 Å². The summed E-state index contributed by atoms with van der Waals surface area (Å²) < 4.78 is 7.14. The first kappa shape index (κ1) is 39.0. The van der Waals surface area contributed by atoms with E-state index in [0.29, 0.717) is 0 Å². The molecule has 1 aliphatic rings. The van der Waals surface area contributed by atoms with Gasteiger partial charge in [-0.1, -0.05) is 190 Å². The highest BCUT2D eigenvalue weighted by atomic mass is 16.3. The standard InChI is InChI=1S/C65H45NO/c1-65(2)58-27-13-12-22-52(58)53-33-32-50(41-59(53)65)66(49-30-28-45(29-31-49)42-16-6-3-7-17-42)60-35-37-62-64-56(25-15-26-57(60)64)55-24-14-23-54-51(34-36-61(67-62)63(54)55)48-39-46(43-18-8-4-9-19-43)38-47(40-48)44-20-10-5-11-21-44/h3-41H,1-2H3. The third-order valence-corrected chi connectivity index (χ3v) is 14.2. The lowest BCUT2D eigenvalue weighted by molar-refractivity contribution is 0.660. The molecule has 2 nitrogen and oxygen atoms in total. The Morgan fingerprint density at radius 2 is 0.791 bits per heavy atom. The molecule has 2 heteroatoms. The molecule has 1 heterocycles. The van der Waals surface area contributed by atoms with Crippen LogP contribution >= 0.6 is 0 Å². The van der Waals surface area contributed by atoms with Crippen LogP contribution in [0.4, 0.5) is 17.1 Å². The van der Waals surface area contributed by atoms with Crippen molar-refractivity contribution < 1.29 is 4.42 Å². The molecule has 0 fully saturated rings. The second-order valence-corrected chi connectivity index (χ2v) is 18.4. The molecule has 0 saturated heterocycles. The van der Waals surface area contributed by atoms with Crippen molar-refractivity contribution in [2.75, 3.05) is 4.90 Å². The number of benzene rings is 11. The summed E-state index contributed by atoms with van der Waals surface area (Å²) in [5, 5.41) is 6.82. The first-order valence-corrected chi connectivity index (χ1v) is 23.2. The fourth-order valence-electron chi connectivity index (χ4n) is 11.0. The number of nitrogens with zero attached hydrogens (tertiary/aromatic N) is 1. The van der Waals surface area contributed by atoms with E-state index in [-0.39, 0.29) is 5.41 Å². The average molecular weight is 856 g/mol.